The Balaban J connectivity index is 1.68. The summed E-state index contributed by atoms with van der Waals surface area (Å²) in [6.07, 6.45) is 2.12. The maximum Gasteiger partial charge on any atom is 0.142 e. The Morgan fingerprint density at radius 1 is 1.28 bits per heavy atom. The molecule has 3 rings (SSSR count). The second-order valence-corrected chi connectivity index (χ2v) is 5.94. The summed E-state index contributed by atoms with van der Waals surface area (Å²) < 4.78 is 13.4. The molecule has 0 radical (unpaired) electrons. The zero-order chi connectivity index (χ0) is 12.7. The predicted molar refractivity (Wildman–Crippen MR) is 68.9 cm³/mol. The lowest BCUT2D eigenvalue weighted by atomic mass is 9.95. The van der Waals surface area contributed by atoms with Gasteiger partial charge in [-0.1, -0.05) is 17.7 Å². The van der Waals surface area contributed by atoms with Crippen LogP contribution >= 0.6 is 11.6 Å². The van der Waals surface area contributed by atoms with Crippen molar-refractivity contribution in [2.45, 2.75) is 25.5 Å². The van der Waals surface area contributed by atoms with Gasteiger partial charge in [-0.3, -0.25) is 4.90 Å². The third kappa shape index (κ3) is 2.27. The van der Waals surface area contributed by atoms with Crippen LogP contribution in [0.2, 0.25) is 5.02 Å². The molecule has 3 atom stereocenters. The zero-order valence-corrected chi connectivity index (χ0v) is 10.9. The molecule has 2 fully saturated rings. The van der Waals surface area contributed by atoms with Gasteiger partial charge in [0.15, 0.2) is 0 Å². The number of hydrogen-bond acceptors (Lipinski definition) is 2. The molecule has 98 valence electrons. The molecule has 2 nitrogen and oxygen atoms in total. The van der Waals surface area contributed by atoms with Gasteiger partial charge in [0.05, 0.1) is 11.1 Å². The van der Waals surface area contributed by atoms with Crippen molar-refractivity contribution in [3.05, 3.63) is 34.6 Å². The van der Waals surface area contributed by atoms with E-state index in [0.29, 0.717) is 11.8 Å². The minimum atomic E-state index is -0.353. The topological polar surface area (TPSA) is 23.5 Å². The summed E-state index contributed by atoms with van der Waals surface area (Å²) in [5.74, 6) is 0.455. The van der Waals surface area contributed by atoms with Crippen molar-refractivity contribution in [2.75, 3.05) is 13.1 Å². The van der Waals surface area contributed by atoms with Gasteiger partial charge in [-0.25, -0.2) is 4.39 Å². The highest BCUT2D eigenvalue weighted by atomic mass is 35.5. The van der Waals surface area contributed by atoms with E-state index in [1.54, 1.807) is 6.07 Å². The summed E-state index contributed by atoms with van der Waals surface area (Å²) in [6.45, 7) is 2.58. The van der Waals surface area contributed by atoms with Crippen LogP contribution in [0.1, 0.15) is 18.4 Å². The van der Waals surface area contributed by atoms with Gasteiger partial charge in [0.1, 0.15) is 5.82 Å². The van der Waals surface area contributed by atoms with Crippen LogP contribution in [0.3, 0.4) is 0 Å². The van der Waals surface area contributed by atoms with Crippen LogP contribution in [-0.4, -0.2) is 29.2 Å². The Labute approximate surface area is 111 Å². The van der Waals surface area contributed by atoms with Gasteiger partial charge in [-0.2, -0.15) is 0 Å². The second kappa shape index (κ2) is 4.80. The molecular formula is C14H17ClFNO. The van der Waals surface area contributed by atoms with Crippen molar-refractivity contribution in [2.24, 2.45) is 11.8 Å². The van der Waals surface area contributed by atoms with E-state index in [0.717, 1.165) is 38.0 Å². The molecule has 1 aromatic rings. The number of aliphatic hydroxyl groups is 1. The summed E-state index contributed by atoms with van der Waals surface area (Å²) in [4.78, 5) is 2.32. The van der Waals surface area contributed by atoms with Crippen LogP contribution in [0.25, 0.3) is 0 Å². The lowest BCUT2D eigenvalue weighted by Crippen LogP contribution is -2.44. The molecule has 18 heavy (non-hydrogen) atoms. The van der Waals surface area contributed by atoms with Crippen molar-refractivity contribution >= 4 is 11.6 Å². The van der Waals surface area contributed by atoms with Crippen molar-refractivity contribution < 1.29 is 9.50 Å². The fourth-order valence-electron chi connectivity index (χ4n) is 3.32. The van der Waals surface area contributed by atoms with Crippen LogP contribution in [0.15, 0.2) is 18.2 Å². The van der Waals surface area contributed by atoms with Gasteiger partial charge in [0.25, 0.3) is 0 Å². The molecule has 1 unspecified atom stereocenters. The monoisotopic (exact) mass is 269 g/mol. The van der Waals surface area contributed by atoms with Crippen LogP contribution in [-0.2, 0) is 6.54 Å². The summed E-state index contributed by atoms with van der Waals surface area (Å²) in [5, 5.41) is 10.1. The average molecular weight is 270 g/mol. The van der Waals surface area contributed by atoms with E-state index >= 15 is 0 Å². The molecule has 2 aliphatic rings. The van der Waals surface area contributed by atoms with Crippen molar-refractivity contribution in [3.8, 4) is 0 Å². The first-order valence-corrected chi connectivity index (χ1v) is 6.85. The summed E-state index contributed by atoms with van der Waals surface area (Å²) in [5.41, 5.74) is 0.952. The maximum atomic E-state index is 13.4. The van der Waals surface area contributed by atoms with E-state index in [-0.39, 0.29) is 16.9 Å². The van der Waals surface area contributed by atoms with E-state index in [2.05, 4.69) is 4.90 Å². The third-order valence-corrected chi connectivity index (χ3v) is 4.56. The molecule has 1 aromatic carbocycles. The van der Waals surface area contributed by atoms with Gasteiger partial charge in [0.2, 0.25) is 0 Å². The molecule has 1 aliphatic heterocycles. The fourth-order valence-corrected chi connectivity index (χ4v) is 3.43. The first-order valence-electron chi connectivity index (χ1n) is 6.48. The number of rotatable bonds is 2. The number of likely N-dealkylation sites (tertiary alicyclic amines) is 1. The zero-order valence-electron chi connectivity index (χ0n) is 10.1. The van der Waals surface area contributed by atoms with Gasteiger partial charge < -0.3 is 5.11 Å². The Morgan fingerprint density at radius 3 is 2.56 bits per heavy atom. The molecule has 1 saturated carbocycles. The number of benzene rings is 1. The van der Waals surface area contributed by atoms with Gasteiger partial charge in [-0.15, -0.1) is 0 Å². The van der Waals surface area contributed by atoms with Crippen molar-refractivity contribution in [3.63, 3.8) is 0 Å². The predicted octanol–water partition coefficient (Wildman–Crippen LogP) is 2.68. The number of fused-ring (bicyclic) bond motifs is 2. The highest BCUT2D eigenvalue weighted by molar-refractivity contribution is 6.30. The molecular weight excluding hydrogens is 253 g/mol. The molecule has 1 heterocycles. The maximum absolute atomic E-state index is 13.4. The van der Waals surface area contributed by atoms with Gasteiger partial charge >= 0.3 is 0 Å². The van der Waals surface area contributed by atoms with Crippen molar-refractivity contribution in [1.82, 2.24) is 4.90 Å². The number of nitrogens with zero attached hydrogens (tertiary/aromatic N) is 1. The molecule has 1 saturated heterocycles. The quantitative estimate of drug-likeness (QED) is 0.892. The summed E-state index contributed by atoms with van der Waals surface area (Å²) in [6, 6.07) is 4.99. The molecule has 1 N–H and O–H groups in total. The molecule has 0 amide bonds. The second-order valence-electron chi connectivity index (χ2n) is 5.53. The highest BCUT2D eigenvalue weighted by Gasteiger charge is 2.40. The molecule has 1 aliphatic carbocycles. The molecule has 0 aromatic heterocycles. The number of aliphatic hydroxyl groups excluding tert-OH is 1. The van der Waals surface area contributed by atoms with Crippen LogP contribution in [0.5, 0.6) is 0 Å². The van der Waals surface area contributed by atoms with Crippen LogP contribution in [0.4, 0.5) is 4.39 Å². The first-order chi connectivity index (χ1) is 8.63. The number of piperidine rings is 1. The molecule has 0 spiro atoms. The van der Waals surface area contributed by atoms with Gasteiger partial charge in [-0.05, 0) is 42.4 Å². The molecule has 2 bridgehead atoms. The minimum Gasteiger partial charge on any atom is -0.392 e. The van der Waals surface area contributed by atoms with E-state index in [1.165, 1.54) is 6.07 Å². The van der Waals surface area contributed by atoms with Crippen molar-refractivity contribution in [1.29, 1.82) is 0 Å². The Kier molecular flexibility index (Phi) is 3.31. The van der Waals surface area contributed by atoms with E-state index in [1.807, 2.05) is 6.07 Å². The van der Waals surface area contributed by atoms with Gasteiger partial charge in [0, 0.05) is 19.6 Å². The minimum absolute atomic E-state index is 0.122. The molecule has 4 heteroatoms. The van der Waals surface area contributed by atoms with E-state index in [4.69, 9.17) is 11.6 Å². The Bertz CT molecular complexity index is 439. The standard InChI is InChI=1S/C14H17ClFNO/c15-12-4-1-9(5-13(12)16)6-17-7-10-2-3-11(8-17)14(10)18/h1,4-5,10-11,14,18H,2-3,6-8H2/t10-,11+,14?. The Morgan fingerprint density at radius 2 is 1.94 bits per heavy atom. The average Bonchev–Trinajstić information content (AvgIpc) is 2.58. The number of halogens is 2. The largest absolute Gasteiger partial charge is 0.392 e. The highest BCUT2D eigenvalue weighted by Crippen LogP contribution is 2.37. The normalized spacial score (nSPS) is 31.8. The Hall–Kier alpha value is -0.640. The van der Waals surface area contributed by atoms with E-state index < -0.39 is 0 Å². The summed E-state index contributed by atoms with van der Waals surface area (Å²) >= 11 is 5.68. The van der Waals surface area contributed by atoms with Crippen LogP contribution < -0.4 is 0 Å². The SMILES string of the molecule is OC1[C@@H]2CC[C@H]1CN(Cc1ccc(Cl)c(F)c1)C2. The van der Waals surface area contributed by atoms with Crippen LogP contribution in [0, 0.1) is 17.7 Å². The fraction of sp³-hybridized carbons (Fsp3) is 0.571. The first kappa shape index (κ1) is 12.4. The summed E-state index contributed by atoms with van der Waals surface area (Å²) in [7, 11) is 0. The van der Waals surface area contributed by atoms with E-state index in [9.17, 15) is 9.50 Å². The third-order valence-electron chi connectivity index (χ3n) is 4.25. The smallest absolute Gasteiger partial charge is 0.142 e. The number of hydrogen-bond donors (Lipinski definition) is 1. The lowest BCUT2D eigenvalue weighted by Gasteiger charge is -2.35. The lowest BCUT2D eigenvalue weighted by molar-refractivity contribution is 0.0138.